The summed E-state index contributed by atoms with van der Waals surface area (Å²) in [5.74, 6) is -0.322. The summed E-state index contributed by atoms with van der Waals surface area (Å²) in [5, 5.41) is 0.801. The third kappa shape index (κ3) is 3.15. The van der Waals surface area contributed by atoms with Crippen LogP contribution in [0.25, 0.3) is 11.0 Å². The number of hydrogen-bond donors (Lipinski definition) is 0. The number of benzene rings is 1. The first-order valence-corrected chi connectivity index (χ1v) is 6.62. The van der Waals surface area contributed by atoms with Gasteiger partial charge in [-0.05, 0) is 19.2 Å². The summed E-state index contributed by atoms with van der Waals surface area (Å²) in [4.78, 5) is 14.2. The van der Waals surface area contributed by atoms with E-state index >= 15 is 0 Å². The highest BCUT2D eigenvalue weighted by molar-refractivity contribution is 6.03. The molecule has 0 atom stereocenters. The third-order valence-corrected chi connectivity index (χ3v) is 3.24. The van der Waals surface area contributed by atoms with Gasteiger partial charge in [0.15, 0.2) is 0 Å². The Labute approximate surface area is 112 Å². The largest absolute Gasteiger partial charge is 0.463 e. The van der Waals surface area contributed by atoms with Gasteiger partial charge in [-0.3, -0.25) is 0 Å². The SMILES string of the molecule is CCN(CC)CCOC(=O)c1coc2ccccc12. The van der Waals surface area contributed by atoms with E-state index in [0.29, 0.717) is 17.8 Å². The fraction of sp³-hybridized carbons (Fsp3) is 0.400. The molecule has 1 heterocycles. The smallest absolute Gasteiger partial charge is 0.342 e. The van der Waals surface area contributed by atoms with Crippen LogP contribution in [-0.4, -0.2) is 37.1 Å². The average Bonchev–Trinajstić information content (AvgIpc) is 2.87. The highest BCUT2D eigenvalue weighted by atomic mass is 16.5. The summed E-state index contributed by atoms with van der Waals surface area (Å²) in [6, 6.07) is 7.45. The van der Waals surface area contributed by atoms with Crippen molar-refractivity contribution in [3.05, 3.63) is 36.1 Å². The van der Waals surface area contributed by atoms with E-state index < -0.39 is 0 Å². The van der Waals surface area contributed by atoms with Gasteiger partial charge < -0.3 is 14.1 Å². The van der Waals surface area contributed by atoms with Crippen molar-refractivity contribution in [3.63, 3.8) is 0 Å². The molecule has 2 rings (SSSR count). The first kappa shape index (κ1) is 13.6. The molecular formula is C15H19NO3. The predicted octanol–water partition coefficient (Wildman–Crippen LogP) is 2.93. The predicted molar refractivity (Wildman–Crippen MR) is 74.3 cm³/mol. The van der Waals surface area contributed by atoms with Gasteiger partial charge in [-0.2, -0.15) is 0 Å². The van der Waals surface area contributed by atoms with Crippen LogP contribution in [-0.2, 0) is 4.74 Å². The average molecular weight is 261 g/mol. The number of furan rings is 1. The Morgan fingerprint density at radius 3 is 2.74 bits per heavy atom. The number of ether oxygens (including phenoxy) is 1. The zero-order chi connectivity index (χ0) is 13.7. The molecule has 19 heavy (non-hydrogen) atoms. The van der Waals surface area contributed by atoms with Gasteiger partial charge in [-0.15, -0.1) is 0 Å². The minimum Gasteiger partial charge on any atom is -0.463 e. The third-order valence-electron chi connectivity index (χ3n) is 3.24. The first-order valence-electron chi connectivity index (χ1n) is 6.62. The molecule has 1 aromatic heterocycles. The summed E-state index contributed by atoms with van der Waals surface area (Å²) in [6.07, 6.45) is 1.46. The maximum absolute atomic E-state index is 12.0. The Bertz CT molecular complexity index is 543. The molecule has 102 valence electrons. The quantitative estimate of drug-likeness (QED) is 0.750. The topological polar surface area (TPSA) is 42.7 Å². The number of rotatable bonds is 6. The van der Waals surface area contributed by atoms with Gasteiger partial charge >= 0.3 is 5.97 Å². The molecule has 4 nitrogen and oxygen atoms in total. The van der Waals surface area contributed by atoms with E-state index in [1.165, 1.54) is 6.26 Å². The van der Waals surface area contributed by atoms with E-state index in [0.717, 1.165) is 25.0 Å². The van der Waals surface area contributed by atoms with Crippen LogP contribution in [0.4, 0.5) is 0 Å². The number of carbonyl (C=O) groups excluding carboxylic acids is 1. The van der Waals surface area contributed by atoms with Crippen molar-refractivity contribution in [1.29, 1.82) is 0 Å². The molecule has 0 unspecified atom stereocenters. The molecular weight excluding hydrogens is 242 g/mol. The molecule has 0 amide bonds. The molecule has 0 aliphatic heterocycles. The van der Waals surface area contributed by atoms with Crippen molar-refractivity contribution < 1.29 is 13.9 Å². The van der Waals surface area contributed by atoms with E-state index in [2.05, 4.69) is 18.7 Å². The van der Waals surface area contributed by atoms with E-state index in [-0.39, 0.29) is 5.97 Å². The van der Waals surface area contributed by atoms with E-state index in [1.807, 2.05) is 24.3 Å². The van der Waals surface area contributed by atoms with Gasteiger partial charge in [-0.1, -0.05) is 32.0 Å². The van der Waals surface area contributed by atoms with Gasteiger partial charge in [-0.25, -0.2) is 4.79 Å². The second-order valence-corrected chi connectivity index (χ2v) is 4.31. The fourth-order valence-electron chi connectivity index (χ4n) is 2.02. The number of carbonyl (C=O) groups is 1. The Morgan fingerprint density at radius 2 is 2.00 bits per heavy atom. The molecule has 0 radical (unpaired) electrons. The van der Waals surface area contributed by atoms with Gasteiger partial charge in [0.05, 0.1) is 0 Å². The van der Waals surface area contributed by atoms with Crippen LogP contribution >= 0.6 is 0 Å². The Kier molecular flexibility index (Phi) is 4.58. The van der Waals surface area contributed by atoms with Crippen molar-refractivity contribution >= 4 is 16.9 Å². The summed E-state index contributed by atoms with van der Waals surface area (Å²) >= 11 is 0. The van der Waals surface area contributed by atoms with Crippen LogP contribution in [0.2, 0.25) is 0 Å². The zero-order valence-electron chi connectivity index (χ0n) is 11.4. The van der Waals surface area contributed by atoms with Crippen LogP contribution in [0.15, 0.2) is 34.9 Å². The minimum atomic E-state index is -0.322. The minimum absolute atomic E-state index is 0.322. The molecule has 2 aromatic rings. The van der Waals surface area contributed by atoms with E-state index in [1.54, 1.807) is 0 Å². The number of esters is 1. The van der Waals surface area contributed by atoms with Crippen LogP contribution in [0, 0.1) is 0 Å². The first-order chi connectivity index (χ1) is 9.26. The van der Waals surface area contributed by atoms with Crippen LogP contribution < -0.4 is 0 Å². The molecule has 0 bridgehead atoms. The monoisotopic (exact) mass is 261 g/mol. The van der Waals surface area contributed by atoms with Crippen LogP contribution in [0.1, 0.15) is 24.2 Å². The number of likely N-dealkylation sites (N-methyl/N-ethyl adjacent to an activating group) is 1. The van der Waals surface area contributed by atoms with Gasteiger partial charge in [0, 0.05) is 11.9 Å². The fourth-order valence-corrected chi connectivity index (χ4v) is 2.02. The lowest BCUT2D eigenvalue weighted by Crippen LogP contribution is -2.27. The van der Waals surface area contributed by atoms with Crippen molar-refractivity contribution in [2.45, 2.75) is 13.8 Å². The maximum Gasteiger partial charge on any atom is 0.342 e. The summed E-state index contributed by atoms with van der Waals surface area (Å²) in [7, 11) is 0. The van der Waals surface area contributed by atoms with Crippen molar-refractivity contribution in [1.82, 2.24) is 4.90 Å². The molecule has 0 N–H and O–H groups in total. The molecule has 0 saturated carbocycles. The van der Waals surface area contributed by atoms with Gasteiger partial charge in [0.25, 0.3) is 0 Å². The lowest BCUT2D eigenvalue weighted by molar-refractivity contribution is 0.0467. The van der Waals surface area contributed by atoms with Gasteiger partial charge in [0.1, 0.15) is 24.0 Å². The Hall–Kier alpha value is -1.81. The highest BCUT2D eigenvalue weighted by Gasteiger charge is 2.14. The molecule has 1 aromatic carbocycles. The number of fused-ring (bicyclic) bond motifs is 1. The molecule has 0 saturated heterocycles. The second-order valence-electron chi connectivity index (χ2n) is 4.31. The van der Waals surface area contributed by atoms with E-state index in [9.17, 15) is 4.79 Å². The molecule has 4 heteroatoms. The van der Waals surface area contributed by atoms with E-state index in [4.69, 9.17) is 9.15 Å². The lowest BCUT2D eigenvalue weighted by Gasteiger charge is -2.17. The van der Waals surface area contributed by atoms with Crippen LogP contribution in [0.3, 0.4) is 0 Å². The molecule has 0 fully saturated rings. The number of para-hydroxylation sites is 1. The highest BCUT2D eigenvalue weighted by Crippen LogP contribution is 2.21. The van der Waals surface area contributed by atoms with Crippen molar-refractivity contribution in [2.24, 2.45) is 0 Å². The Balaban J connectivity index is 1.97. The lowest BCUT2D eigenvalue weighted by atomic mass is 10.2. The summed E-state index contributed by atoms with van der Waals surface area (Å²) < 4.78 is 10.6. The molecule has 0 aliphatic carbocycles. The maximum atomic E-state index is 12.0. The van der Waals surface area contributed by atoms with Crippen molar-refractivity contribution in [3.8, 4) is 0 Å². The Morgan fingerprint density at radius 1 is 1.26 bits per heavy atom. The van der Waals surface area contributed by atoms with Crippen molar-refractivity contribution in [2.75, 3.05) is 26.2 Å². The summed E-state index contributed by atoms with van der Waals surface area (Å²) in [6.45, 7) is 7.27. The number of hydrogen-bond acceptors (Lipinski definition) is 4. The van der Waals surface area contributed by atoms with Crippen LogP contribution in [0.5, 0.6) is 0 Å². The standard InChI is InChI=1S/C15H19NO3/c1-3-16(4-2)9-10-18-15(17)13-11-19-14-8-6-5-7-12(13)14/h5-8,11H,3-4,9-10H2,1-2H3. The second kappa shape index (κ2) is 6.38. The normalized spacial score (nSPS) is 11.1. The molecule has 0 spiro atoms. The number of nitrogens with zero attached hydrogens (tertiary/aromatic N) is 1. The summed E-state index contributed by atoms with van der Waals surface area (Å²) in [5.41, 5.74) is 1.20. The van der Waals surface area contributed by atoms with Gasteiger partial charge in [0.2, 0.25) is 0 Å². The molecule has 0 aliphatic rings. The zero-order valence-corrected chi connectivity index (χ0v) is 11.4.